The Balaban J connectivity index is 2.58. The van der Waals surface area contributed by atoms with Gasteiger partial charge in [-0.05, 0) is 51.9 Å². The zero-order valence-corrected chi connectivity index (χ0v) is 12.6. The third kappa shape index (κ3) is 3.23. The molecule has 0 saturated heterocycles. The second-order valence-electron chi connectivity index (χ2n) is 5.56. The van der Waals surface area contributed by atoms with Gasteiger partial charge < -0.3 is 9.88 Å². The van der Waals surface area contributed by atoms with Gasteiger partial charge in [-0.15, -0.1) is 0 Å². The molecule has 0 fully saturated rings. The Morgan fingerprint density at radius 3 is 2.52 bits per heavy atom. The lowest BCUT2D eigenvalue weighted by atomic mass is 10.1. The van der Waals surface area contributed by atoms with Gasteiger partial charge in [0.05, 0.1) is 11.1 Å². The summed E-state index contributed by atoms with van der Waals surface area (Å²) in [5, 5.41) is 3.78. The first-order valence-corrected chi connectivity index (χ1v) is 7.20. The third-order valence-electron chi connectivity index (χ3n) is 3.67. The Morgan fingerprint density at radius 1 is 1.24 bits per heavy atom. The number of nitrogens with zero attached hydrogens (tertiary/aromatic N) is 1. The molecule has 0 atom stereocenters. The predicted octanol–water partition coefficient (Wildman–Crippen LogP) is 4.39. The molecule has 116 valence electrons. The van der Waals surface area contributed by atoms with E-state index in [2.05, 4.69) is 5.32 Å². The van der Waals surface area contributed by atoms with Crippen molar-refractivity contribution in [3.8, 4) is 0 Å². The van der Waals surface area contributed by atoms with Crippen LogP contribution in [0, 0.1) is 0 Å². The Bertz CT molecular complexity index is 612. The molecule has 1 heterocycles. The minimum Gasteiger partial charge on any atom is -0.344 e. The van der Waals surface area contributed by atoms with E-state index in [4.69, 9.17) is 0 Å². The van der Waals surface area contributed by atoms with Crippen molar-refractivity contribution in [2.24, 2.45) is 0 Å². The first-order valence-electron chi connectivity index (χ1n) is 7.20. The molecule has 0 aliphatic carbocycles. The summed E-state index contributed by atoms with van der Waals surface area (Å²) in [7, 11) is 1.87. The van der Waals surface area contributed by atoms with Crippen molar-refractivity contribution >= 4 is 10.9 Å². The molecule has 0 bridgehead atoms. The van der Waals surface area contributed by atoms with E-state index in [1.54, 1.807) is 10.6 Å². The maximum Gasteiger partial charge on any atom is 0.418 e. The molecule has 0 unspecified atom stereocenters. The normalized spacial score (nSPS) is 12.5. The van der Waals surface area contributed by atoms with Gasteiger partial charge >= 0.3 is 6.18 Å². The van der Waals surface area contributed by atoms with Crippen LogP contribution in [0.3, 0.4) is 0 Å². The number of para-hydroxylation sites is 1. The van der Waals surface area contributed by atoms with Crippen molar-refractivity contribution in [1.82, 2.24) is 9.88 Å². The van der Waals surface area contributed by atoms with Gasteiger partial charge in [0.25, 0.3) is 0 Å². The molecular weight excluding hydrogens is 277 g/mol. The summed E-state index contributed by atoms with van der Waals surface area (Å²) in [5.74, 6) is 0. The molecule has 0 aliphatic rings. The van der Waals surface area contributed by atoms with Gasteiger partial charge in [-0.3, -0.25) is 0 Å². The Hall–Kier alpha value is -1.49. The topological polar surface area (TPSA) is 17.0 Å². The van der Waals surface area contributed by atoms with Gasteiger partial charge in [0.2, 0.25) is 0 Å². The average Bonchev–Trinajstić information content (AvgIpc) is 2.77. The first kappa shape index (κ1) is 15.9. The van der Waals surface area contributed by atoms with Gasteiger partial charge in [-0.1, -0.05) is 12.1 Å². The number of aryl methyl sites for hydroxylation is 1. The summed E-state index contributed by atoms with van der Waals surface area (Å²) in [6, 6.07) is 4.45. The van der Waals surface area contributed by atoms with Crippen LogP contribution in [0.25, 0.3) is 10.9 Å². The standard InChI is InChI=1S/C16H21F3N2/c1-11(2)21-10-12(6-5-9-20-3)13-7-4-8-14(15(13)21)16(17,18)19/h4,7-8,10-11,20H,5-6,9H2,1-3H3. The van der Waals surface area contributed by atoms with E-state index >= 15 is 0 Å². The number of hydrogen-bond donors (Lipinski definition) is 1. The van der Waals surface area contributed by atoms with Crippen LogP contribution in [0.5, 0.6) is 0 Å². The number of fused-ring (bicyclic) bond motifs is 1. The zero-order valence-electron chi connectivity index (χ0n) is 12.6. The highest BCUT2D eigenvalue weighted by atomic mass is 19.4. The molecular formula is C16H21F3N2. The van der Waals surface area contributed by atoms with Gasteiger partial charge in [0, 0.05) is 17.6 Å². The SMILES string of the molecule is CNCCCc1cn(C(C)C)c2c(C(F)(F)F)cccc12. The number of hydrogen-bond acceptors (Lipinski definition) is 1. The van der Waals surface area contributed by atoms with E-state index in [1.165, 1.54) is 12.1 Å². The monoisotopic (exact) mass is 298 g/mol. The van der Waals surface area contributed by atoms with E-state index in [0.29, 0.717) is 5.52 Å². The molecule has 1 N–H and O–H groups in total. The van der Waals surface area contributed by atoms with Crippen molar-refractivity contribution in [3.63, 3.8) is 0 Å². The number of halogens is 3. The molecule has 0 aliphatic heterocycles. The van der Waals surface area contributed by atoms with Crippen LogP contribution in [-0.4, -0.2) is 18.2 Å². The molecule has 0 saturated carbocycles. The molecule has 1 aromatic heterocycles. The fourth-order valence-electron chi connectivity index (χ4n) is 2.67. The molecule has 2 aromatic rings. The number of nitrogens with one attached hydrogen (secondary N) is 1. The molecule has 0 amide bonds. The van der Waals surface area contributed by atoms with Crippen LogP contribution in [0.15, 0.2) is 24.4 Å². The van der Waals surface area contributed by atoms with Gasteiger partial charge in [-0.25, -0.2) is 0 Å². The molecule has 1 aromatic carbocycles. The van der Waals surface area contributed by atoms with Gasteiger partial charge in [0.1, 0.15) is 0 Å². The summed E-state index contributed by atoms with van der Waals surface area (Å²) in [5.41, 5.74) is 0.744. The van der Waals surface area contributed by atoms with Crippen LogP contribution in [-0.2, 0) is 12.6 Å². The van der Waals surface area contributed by atoms with E-state index in [0.717, 1.165) is 30.3 Å². The number of rotatable bonds is 5. The molecule has 0 radical (unpaired) electrons. The maximum atomic E-state index is 13.3. The quantitative estimate of drug-likeness (QED) is 0.810. The highest BCUT2D eigenvalue weighted by Crippen LogP contribution is 2.37. The fraction of sp³-hybridized carbons (Fsp3) is 0.500. The number of aromatic nitrogens is 1. The van der Waals surface area contributed by atoms with E-state index in [1.807, 2.05) is 27.1 Å². The largest absolute Gasteiger partial charge is 0.418 e. The molecule has 0 spiro atoms. The van der Waals surface area contributed by atoms with E-state index < -0.39 is 11.7 Å². The van der Waals surface area contributed by atoms with Crippen molar-refractivity contribution in [3.05, 3.63) is 35.5 Å². The molecule has 21 heavy (non-hydrogen) atoms. The summed E-state index contributed by atoms with van der Waals surface area (Å²) in [6.07, 6.45) is -0.769. The zero-order chi connectivity index (χ0) is 15.6. The Kier molecular flexibility index (Phi) is 4.61. The highest BCUT2D eigenvalue weighted by molar-refractivity contribution is 5.87. The predicted molar refractivity (Wildman–Crippen MR) is 79.6 cm³/mol. The lowest BCUT2D eigenvalue weighted by Crippen LogP contribution is -2.09. The Labute approximate surface area is 122 Å². The first-order chi connectivity index (χ1) is 9.86. The smallest absolute Gasteiger partial charge is 0.344 e. The second kappa shape index (κ2) is 6.10. The summed E-state index contributed by atoms with van der Waals surface area (Å²) in [4.78, 5) is 0. The summed E-state index contributed by atoms with van der Waals surface area (Å²) >= 11 is 0. The van der Waals surface area contributed by atoms with Crippen molar-refractivity contribution in [2.45, 2.75) is 38.9 Å². The van der Waals surface area contributed by atoms with Gasteiger partial charge in [0.15, 0.2) is 0 Å². The molecule has 2 nitrogen and oxygen atoms in total. The highest BCUT2D eigenvalue weighted by Gasteiger charge is 2.34. The minimum atomic E-state index is -4.33. The lowest BCUT2D eigenvalue weighted by Gasteiger charge is -2.14. The van der Waals surface area contributed by atoms with Crippen molar-refractivity contribution in [1.29, 1.82) is 0 Å². The number of alkyl halides is 3. The van der Waals surface area contributed by atoms with Gasteiger partial charge in [-0.2, -0.15) is 13.2 Å². The van der Waals surface area contributed by atoms with Crippen LogP contribution in [0.1, 0.15) is 37.4 Å². The Morgan fingerprint density at radius 2 is 1.95 bits per heavy atom. The minimum absolute atomic E-state index is 0.00551. The van der Waals surface area contributed by atoms with E-state index in [-0.39, 0.29) is 6.04 Å². The lowest BCUT2D eigenvalue weighted by molar-refractivity contribution is -0.136. The van der Waals surface area contributed by atoms with Crippen molar-refractivity contribution in [2.75, 3.05) is 13.6 Å². The number of benzene rings is 1. The third-order valence-corrected chi connectivity index (χ3v) is 3.67. The molecule has 5 heteroatoms. The summed E-state index contributed by atoms with van der Waals surface area (Å²) < 4.78 is 41.5. The van der Waals surface area contributed by atoms with Crippen LogP contribution in [0.4, 0.5) is 13.2 Å². The van der Waals surface area contributed by atoms with Crippen LogP contribution < -0.4 is 5.32 Å². The maximum absolute atomic E-state index is 13.3. The summed E-state index contributed by atoms with van der Waals surface area (Å²) in [6.45, 7) is 4.67. The van der Waals surface area contributed by atoms with Crippen LogP contribution in [0.2, 0.25) is 0 Å². The van der Waals surface area contributed by atoms with E-state index in [9.17, 15) is 13.2 Å². The second-order valence-corrected chi connectivity index (χ2v) is 5.56. The van der Waals surface area contributed by atoms with Crippen LogP contribution >= 0.6 is 0 Å². The molecule has 2 rings (SSSR count). The average molecular weight is 298 g/mol. The van der Waals surface area contributed by atoms with Crippen molar-refractivity contribution < 1.29 is 13.2 Å². The fourth-order valence-corrected chi connectivity index (χ4v) is 2.67.